The maximum atomic E-state index is 13.3. The molecule has 1 aromatic rings. The third-order valence-electron chi connectivity index (χ3n) is 3.42. The van der Waals surface area contributed by atoms with Crippen molar-refractivity contribution in [2.45, 2.75) is 12.8 Å². The maximum Gasteiger partial charge on any atom is 0.255 e. The van der Waals surface area contributed by atoms with Crippen LogP contribution in [0.2, 0.25) is 5.02 Å². The lowest BCUT2D eigenvalue weighted by atomic mass is 9.96. The predicted octanol–water partition coefficient (Wildman–Crippen LogP) is 2.29. The average Bonchev–Trinajstić information content (AvgIpc) is 2.41. The standard InChI is InChI=1S/C13H16ClFN2O/c14-12-10(2-1-3-11(12)15)13(18)17-6-4-9(8-16)5-7-17/h1-3,9H,4-8,16H2. The van der Waals surface area contributed by atoms with Crippen LogP contribution >= 0.6 is 11.6 Å². The zero-order valence-electron chi connectivity index (χ0n) is 10.0. The second-order valence-electron chi connectivity index (χ2n) is 4.57. The third-order valence-corrected chi connectivity index (χ3v) is 3.80. The van der Waals surface area contributed by atoms with Crippen LogP contribution in [0.1, 0.15) is 23.2 Å². The first-order valence-electron chi connectivity index (χ1n) is 6.07. The molecule has 0 radical (unpaired) electrons. The van der Waals surface area contributed by atoms with Crippen LogP contribution in [-0.4, -0.2) is 30.4 Å². The summed E-state index contributed by atoms with van der Waals surface area (Å²) >= 11 is 5.82. The first-order valence-corrected chi connectivity index (χ1v) is 6.44. The summed E-state index contributed by atoms with van der Waals surface area (Å²) in [6, 6.07) is 4.31. The fourth-order valence-electron chi connectivity index (χ4n) is 2.21. The SMILES string of the molecule is NCC1CCN(C(=O)c2cccc(F)c2Cl)CC1. The van der Waals surface area contributed by atoms with Crippen molar-refractivity contribution in [2.24, 2.45) is 11.7 Å². The van der Waals surface area contributed by atoms with Gasteiger partial charge in [0.25, 0.3) is 5.91 Å². The van der Waals surface area contributed by atoms with E-state index in [1.165, 1.54) is 12.1 Å². The summed E-state index contributed by atoms with van der Waals surface area (Å²) in [7, 11) is 0. The van der Waals surface area contributed by atoms with Gasteiger partial charge < -0.3 is 10.6 Å². The Bertz CT molecular complexity index is 445. The highest BCUT2D eigenvalue weighted by molar-refractivity contribution is 6.34. The Labute approximate surface area is 111 Å². The molecule has 0 unspecified atom stereocenters. The molecule has 0 saturated carbocycles. The lowest BCUT2D eigenvalue weighted by Gasteiger charge is -2.31. The fourth-order valence-corrected chi connectivity index (χ4v) is 2.42. The van der Waals surface area contributed by atoms with E-state index in [9.17, 15) is 9.18 Å². The number of rotatable bonds is 2. The average molecular weight is 271 g/mol. The number of amides is 1. The highest BCUT2D eigenvalue weighted by Gasteiger charge is 2.24. The van der Waals surface area contributed by atoms with E-state index in [2.05, 4.69) is 0 Å². The van der Waals surface area contributed by atoms with E-state index < -0.39 is 5.82 Å². The van der Waals surface area contributed by atoms with Crippen LogP contribution in [0.25, 0.3) is 0 Å². The van der Waals surface area contributed by atoms with Crippen molar-refractivity contribution >= 4 is 17.5 Å². The molecule has 0 aromatic heterocycles. The second kappa shape index (κ2) is 5.67. The summed E-state index contributed by atoms with van der Waals surface area (Å²) in [5, 5.41) is -0.0940. The number of hydrogen-bond acceptors (Lipinski definition) is 2. The molecule has 2 rings (SSSR count). The predicted molar refractivity (Wildman–Crippen MR) is 69.1 cm³/mol. The number of benzene rings is 1. The molecule has 1 aromatic carbocycles. The Morgan fingerprint density at radius 1 is 1.44 bits per heavy atom. The minimum absolute atomic E-state index is 0.0940. The number of hydrogen-bond donors (Lipinski definition) is 1. The molecule has 0 spiro atoms. The molecule has 2 N–H and O–H groups in total. The molecular weight excluding hydrogens is 255 g/mol. The van der Waals surface area contributed by atoms with Crippen LogP contribution in [0.3, 0.4) is 0 Å². The molecule has 1 heterocycles. The molecule has 1 fully saturated rings. The first-order chi connectivity index (χ1) is 8.63. The molecule has 1 amide bonds. The number of piperidine rings is 1. The van der Waals surface area contributed by atoms with Gasteiger partial charge in [0.2, 0.25) is 0 Å². The van der Waals surface area contributed by atoms with Gasteiger partial charge in [-0.05, 0) is 37.4 Å². The molecule has 1 aliphatic rings. The zero-order valence-corrected chi connectivity index (χ0v) is 10.8. The highest BCUT2D eigenvalue weighted by atomic mass is 35.5. The number of nitrogens with two attached hydrogens (primary N) is 1. The molecule has 18 heavy (non-hydrogen) atoms. The van der Waals surface area contributed by atoms with Gasteiger partial charge in [-0.15, -0.1) is 0 Å². The van der Waals surface area contributed by atoms with E-state index >= 15 is 0 Å². The van der Waals surface area contributed by atoms with Gasteiger partial charge >= 0.3 is 0 Å². The third kappa shape index (κ3) is 2.65. The largest absolute Gasteiger partial charge is 0.339 e. The minimum Gasteiger partial charge on any atom is -0.339 e. The van der Waals surface area contributed by atoms with Gasteiger partial charge in [0.1, 0.15) is 5.82 Å². The molecule has 0 bridgehead atoms. The molecule has 1 aliphatic heterocycles. The van der Waals surface area contributed by atoms with Crippen molar-refractivity contribution in [1.82, 2.24) is 4.90 Å². The van der Waals surface area contributed by atoms with E-state index in [1.807, 2.05) is 0 Å². The van der Waals surface area contributed by atoms with Crippen molar-refractivity contribution in [3.8, 4) is 0 Å². The molecular formula is C13H16ClFN2O. The Kier molecular flexibility index (Phi) is 4.19. The summed E-state index contributed by atoms with van der Waals surface area (Å²) < 4.78 is 13.3. The smallest absolute Gasteiger partial charge is 0.255 e. The molecule has 0 atom stereocenters. The number of halogens is 2. The van der Waals surface area contributed by atoms with Gasteiger partial charge in [0.15, 0.2) is 0 Å². The van der Waals surface area contributed by atoms with E-state index in [0.717, 1.165) is 12.8 Å². The Balaban J connectivity index is 2.10. The lowest BCUT2D eigenvalue weighted by Crippen LogP contribution is -2.40. The molecule has 5 heteroatoms. The Hall–Kier alpha value is -1.13. The van der Waals surface area contributed by atoms with Gasteiger partial charge in [-0.3, -0.25) is 4.79 Å². The summed E-state index contributed by atoms with van der Waals surface area (Å²) in [6.45, 7) is 1.98. The van der Waals surface area contributed by atoms with Gasteiger partial charge in [-0.2, -0.15) is 0 Å². The lowest BCUT2D eigenvalue weighted by molar-refractivity contribution is 0.0693. The van der Waals surface area contributed by atoms with Crippen molar-refractivity contribution in [3.63, 3.8) is 0 Å². The number of carbonyl (C=O) groups excluding carboxylic acids is 1. The van der Waals surface area contributed by atoms with Gasteiger partial charge in [-0.25, -0.2) is 4.39 Å². The molecule has 0 aliphatic carbocycles. The molecule has 3 nitrogen and oxygen atoms in total. The van der Waals surface area contributed by atoms with Crippen LogP contribution in [-0.2, 0) is 0 Å². The first kappa shape index (κ1) is 13.3. The zero-order chi connectivity index (χ0) is 13.1. The summed E-state index contributed by atoms with van der Waals surface area (Å²) in [5.41, 5.74) is 5.84. The number of nitrogens with zero attached hydrogens (tertiary/aromatic N) is 1. The van der Waals surface area contributed by atoms with Crippen molar-refractivity contribution in [2.75, 3.05) is 19.6 Å². The van der Waals surface area contributed by atoms with E-state index in [1.54, 1.807) is 11.0 Å². The highest BCUT2D eigenvalue weighted by Crippen LogP contribution is 2.23. The van der Waals surface area contributed by atoms with Gasteiger partial charge in [-0.1, -0.05) is 17.7 Å². The summed E-state index contributed by atoms with van der Waals surface area (Å²) in [6.07, 6.45) is 1.80. The normalized spacial score (nSPS) is 16.9. The van der Waals surface area contributed by atoms with Crippen molar-refractivity contribution in [3.05, 3.63) is 34.6 Å². The fraction of sp³-hybridized carbons (Fsp3) is 0.462. The van der Waals surface area contributed by atoms with Crippen molar-refractivity contribution < 1.29 is 9.18 Å². The molecule has 98 valence electrons. The Morgan fingerprint density at radius 2 is 2.11 bits per heavy atom. The van der Waals surface area contributed by atoms with Crippen LogP contribution in [0.15, 0.2) is 18.2 Å². The second-order valence-corrected chi connectivity index (χ2v) is 4.95. The monoisotopic (exact) mass is 270 g/mol. The van der Waals surface area contributed by atoms with Crippen LogP contribution in [0.5, 0.6) is 0 Å². The van der Waals surface area contributed by atoms with Crippen LogP contribution < -0.4 is 5.73 Å². The van der Waals surface area contributed by atoms with Crippen LogP contribution in [0.4, 0.5) is 4.39 Å². The van der Waals surface area contributed by atoms with Gasteiger partial charge in [0, 0.05) is 13.1 Å². The quantitative estimate of drug-likeness (QED) is 0.896. The number of likely N-dealkylation sites (tertiary alicyclic amines) is 1. The molecule has 1 saturated heterocycles. The topological polar surface area (TPSA) is 46.3 Å². The Morgan fingerprint density at radius 3 is 2.72 bits per heavy atom. The maximum absolute atomic E-state index is 13.3. The number of carbonyl (C=O) groups is 1. The van der Waals surface area contributed by atoms with Crippen LogP contribution in [0, 0.1) is 11.7 Å². The van der Waals surface area contributed by atoms with E-state index in [0.29, 0.717) is 25.6 Å². The summed E-state index contributed by atoms with van der Waals surface area (Å²) in [4.78, 5) is 13.9. The van der Waals surface area contributed by atoms with Crippen molar-refractivity contribution in [1.29, 1.82) is 0 Å². The van der Waals surface area contributed by atoms with Gasteiger partial charge in [0.05, 0.1) is 10.6 Å². The van der Waals surface area contributed by atoms with E-state index in [4.69, 9.17) is 17.3 Å². The van der Waals surface area contributed by atoms with E-state index in [-0.39, 0.29) is 16.5 Å². The minimum atomic E-state index is -0.556. The summed E-state index contributed by atoms with van der Waals surface area (Å²) in [5.74, 6) is -0.272.